The summed E-state index contributed by atoms with van der Waals surface area (Å²) < 4.78 is 18.7. The van der Waals surface area contributed by atoms with Gasteiger partial charge >= 0.3 is 5.91 Å². The molecule has 266 valence electrons. The third kappa shape index (κ3) is 6.85. The molecule has 0 saturated carbocycles. The van der Waals surface area contributed by atoms with Crippen LogP contribution in [0, 0.1) is 0 Å². The largest absolute Gasteiger partial charge is 0.507 e. The summed E-state index contributed by atoms with van der Waals surface area (Å²) in [6.07, 6.45) is 0.665. The highest BCUT2D eigenvalue weighted by atomic mass is 32.2. The van der Waals surface area contributed by atoms with Crippen LogP contribution >= 0.6 is 23.1 Å². The summed E-state index contributed by atoms with van der Waals surface area (Å²) in [6.45, 7) is 4.53. The van der Waals surface area contributed by atoms with Crippen molar-refractivity contribution in [3.05, 3.63) is 143 Å². The molecule has 1 aromatic heterocycles. The van der Waals surface area contributed by atoms with E-state index in [0.717, 1.165) is 33.2 Å². The Morgan fingerprint density at radius 1 is 0.925 bits per heavy atom. The fourth-order valence-corrected chi connectivity index (χ4v) is 8.68. The highest BCUT2D eigenvalue weighted by Crippen LogP contribution is 2.46. The van der Waals surface area contributed by atoms with Gasteiger partial charge in [0.2, 0.25) is 5.13 Å². The highest BCUT2D eigenvalue weighted by molar-refractivity contribution is 8.00. The van der Waals surface area contributed by atoms with Gasteiger partial charge in [0.25, 0.3) is 5.78 Å². The molecule has 0 spiro atoms. The zero-order valence-corrected chi connectivity index (χ0v) is 30.7. The first-order valence-corrected chi connectivity index (χ1v) is 19.2. The summed E-state index contributed by atoms with van der Waals surface area (Å²) in [5, 5.41) is 23.3. The maximum atomic E-state index is 14.0. The average molecular weight is 742 g/mol. The van der Waals surface area contributed by atoms with E-state index in [1.54, 1.807) is 30.3 Å². The van der Waals surface area contributed by atoms with Gasteiger partial charge in [-0.05, 0) is 77.2 Å². The maximum Gasteiger partial charge on any atom is 0.301 e. The molecule has 2 atom stereocenters. The van der Waals surface area contributed by atoms with Crippen LogP contribution in [0.25, 0.3) is 16.5 Å². The van der Waals surface area contributed by atoms with Crippen LogP contribution in [0.1, 0.15) is 47.7 Å². The summed E-state index contributed by atoms with van der Waals surface area (Å²) in [5.41, 5.74) is 3.97. The Balaban J connectivity index is 1.17. The smallest absolute Gasteiger partial charge is 0.301 e. The number of fused-ring (bicyclic) bond motifs is 2. The average Bonchev–Trinajstić information content (AvgIpc) is 3.88. The highest BCUT2D eigenvalue weighted by Gasteiger charge is 2.48. The van der Waals surface area contributed by atoms with Gasteiger partial charge in [-0.25, -0.2) is 0 Å². The molecule has 1 fully saturated rings. The van der Waals surface area contributed by atoms with E-state index in [2.05, 4.69) is 34.5 Å². The third-order valence-corrected chi connectivity index (χ3v) is 11.4. The number of aliphatic hydroxyl groups is 1. The summed E-state index contributed by atoms with van der Waals surface area (Å²) in [4.78, 5) is 29.4. The quantitative estimate of drug-likeness (QED) is 0.0458. The SMILES string of the molecule is CCOc1cc([C@H]2C(=C(O)c3ccc4c(c3)C[C@H](C)O4)C(=O)C(=O)N2c2nnc(SCc3cccc4ccccc34)s2)ccc1OCc1ccccc1. The van der Waals surface area contributed by atoms with Crippen molar-refractivity contribution in [2.24, 2.45) is 0 Å². The van der Waals surface area contributed by atoms with E-state index in [4.69, 9.17) is 14.2 Å². The van der Waals surface area contributed by atoms with E-state index in [-0.39, 0.29) is 22.6 Å². The first-order valence-electron chi connectivity index (χ1n) is 17.3. The lowest BCUT2D eigenvalue weighted by Gasteiger charge is -2.24. The molecule has 5 aromatic carbocycles. The molecule has 3 heterocycles. The van der Waals surface area contributed by atoms with Gasteiger partial charge < -0.3 is 19.3 Å². The second-order valence-electron chi connectivity index (χ2n) is 12.8. The fraction of sp³-hybridized carbons (Fsp3) is 0.190. The standard InChI is InChI=1S/C42H35N3O6S2/c1-3-49-35-22-28(16-19-34(35)50-23-26-10-5-4-6-11-26)37-36(38(46)29-17-18-33-31(21-29)20-25(2)51-33)39(47)40(48)45(37)41-43-44-42(53-41)52-24-30-14-9-13-27-12-7-8-15-32(27)30/h4-19,21-22,25,37,46H,3,20,23-24H2,1-2H3/t25-,37-/m0/s1. The molecule has 8 rings (SSSR count). The molecule has 0 aliphatic carbocycles. The molecule has 11 heteroatoms. The number of carbonyl (C=O) groups excluding carboxylic acids is 2. The van der Waals surface area contributed by atoms with Crippen molar-refractivity contribution in [2.45, 2.75) is 49.1 Å². The van der Waals surface area contributed by atoms with Crippen molar-refractivity contribution < 1.29 is 28.9 Å². The van der Waals surface area contributed by atoms with E-state index in [1.807, 2.05) is 68.4 Å². The molecule has 0 bridgehead atoms. The molecule has 1 saturated heterocycles. The molecule has 2 aliphatic rings. The monoisotopic (exact) mass is 741 g/mol. The second kappa shape index (κ2) is 14.8. The van der Waals surface area contributed by atoms with Crippen LogP contribution in [0.4, 0.5) is 5.13 Å². The van der Waals surface area contributed by atoms with Gasteiger partial charge in [-0.3, -0.25) is 14.5 Å². The predicted molar refractivity (Wildman–Crippen MR) is 207 cm³/mol. The molecule has 2 aliphatic heterocycles. The van der Waals surface area contributed by atoms with Crippen LogP contribution in [-0.4, -0.2) is 39.7 Å². The summed E-state index contributed by atoms with van der Waals surface area (Å²) >= 11 is 2.73. The molecule has 0 unspecified atom stereocenters. The number of nitrogens with zero attached hydrogens (tertiary/aromatic N) is 3. The summed E-state index contributed by atoms with van der Waals surface area (Å²) in [6, 6.07) is 33.8. The van der Waals surface area contributed by atoms with Crippen LogP contribution in [0.5, 0.6) is 17.2 Å². The van der Waals surface area contributed by atoms with Gasteiger partial charge in [-0.2, -0.15) is 0 Å². The Morgan fingerprint density at radius 3 is 2.58 bits per heavy atom. The molecular weight excluding hydrogens is 707 g/mol. The number of thioether (sulfide) groups is 1. The molecule has 0 radical (unpaired) electrons. The van der Waals surface area contributed by atoms with Gasteiger partial charge in [0.05, 0.1) is 18.2 Å². The lowest BCUT2D eigenvalue weighted by molar-refractivity contribution is -0.132. The van der Waals surface area contributed by atoms with Crippen molar-refractivity contribution in [3.8, 4) is 17.2 Å². The van der Waals surface area contributed by atoms with Gasteiger partial charge in [-0.1, -0.05) is 102 Å². The van der Waals surface area contributed by atoms with E-state index in [1.165, 1.54) is 28.0 Å². The zero-order valence-electron chi connectivity index (χ0n) is 29.0. The molecule has 53 heavy (non-hydrogen) atoms. The molecular formula is C42H35N3O6S2. The van der Waals surface area contributed by atoms with Crippen molar-refractivity contribution in [1.82, 2.24) is 10.2 Å². The Labute approximate surface area is 314 Å². The summed E-state index contributed by atoms with van der Waals surface area (Å²) in [5.74, 6) is 0.419. The molecule has 1 N–H and O–H groups in total. The molecule has 9 nitrogen and oxygen atoms in total. The number of benzene rings is 5. The Kier molecular flexibility index (Phi) is 9.59. The number of hydrogen-bond donors (Lipinski definition) is 1. The van der Waals surface area contributed by atoms with Crippen LogP contribution < -0.4 is 19.1 Å². The van der Waals surface area contributed by atoms with Crippen molar-refractivity contribution in [3.63, 3.8) is 0 Å². The normalized spacial score (nSPS) is 17.6. The zero-order chi connectivity index (χ0) is 36.5. The first-order chi connectivity index (χ1) is 25.9. The number of carbonyl (C=O) groups is 2. The van der Waals surface area contributed by atoms with Gasteiger partial charge in [0, 0.05) is 17.7 Å². The first kappa shape index (κ1) is 34.4. The third-order valence-electron chi connectivity index (χ3n) is 9.27. The lowest BCUT2D eigenvalue weighted by atomic mass is 9.94. The van der Waals surface area contributed by atoms with E-state index in [9.17, 15) is 14.7 Å². The number of hydrogen-bond acceptors (Lipinski definition) is 10. The Bertz CT molecular complexity index is 2370. The van der Waals surface area contributed by atoms with Gasteiger partial charge in [0.1, 0.15) is 24.2 Å². The topological polar surface area (TPSA) is 111 Å². The predicted octanol–water partition coefficient (Wildman–Crippen LogP) is 8.91. The minimum Gasteiger partial charge on any atom is -0.507 e. The summed E-state index contributed by atoms with van der Waals surface area (Å²) in [7, 11) is 0. The van der Waals surface area contributed by atoms with Crippen LogP contribution in [-0.2, 0) is 28.4 Å². The molecule has 1 amide bonds. The fourth-order valence-electron chi connectivity index (χ4n) is 6.80. The minimum absolute atomic E-state index is 0.00216. The van der Waals surface area contributed by atoms with E-state index in [0.29, 0.717) is 52.4 Å². The number of aromatic nitrogens is 2. The molecule has 6 aromatic rings. The van der Waals surface area contributed by atoms with E-state index < -0.39 is 17.7 Å². The number of aliphatic hydroxyl groups excluding tert-OH is 1. The van der Waals surface area contributed by atoms with E-state index >= 15 is 0 Å². The van der Waals surface area contributed by atoms with Crippen molar-refractivity contribution in [2.75, 3.05) is 11.5 Å². The lowest BCUT2D eigenvalue weighted by Crippen LogP contribution is -2.29. The number of anilines is 1. The van der Waals surface area contributed by atoms with Gasteiger partial charge in [-0.15, -0.1) is 10.2 Å². The van der Waals surface area contributed by atoms with Crippen molar-refractivity contribution >= 4 is 56.5 Å². The number of ketones is 1. The number of rotatable bonds is 11. The Hall–Kier alpha value is -5.65. The van der Waals surface area contributed by atoms with Crippen molar-refractivity contribution in [1.29, 1.82) is 0 Å². The minimum atomic E-state index is -1.02. The Morgan fingerprint density at radius 2 is 1.74 bits per heavy atom. The van der Waals surface area contributed by atoms with Crippen LogP contribution in [0.3, 0.4) is 0 Å². The van der Waals surface area contributed by atoms with Crippen LogP contribution in [0.2, 0.25) is 0 Å². The second-order valence-corrected chi connectivity index (χ2v) is 15.0. The number of amides is 1. The number of ether oxygens (including phenoxy) is 3. The van der Waals surface area contributed by atoms with Crippen LogP contribution in [0.15, 0.2) is 119 Å². The van der Waals surface area contributed by atoms with Gasteiger partial charge in [0.15, 0.2) is 15.8 Å². The maximum absolute atomic E-state index is 14.0. The number of Topliss-reactive ketones (excluding diaryl/α,β-unsaturated/α-hetero) is 1.